The van der Waals surface area contributed by atoms with Gasteiger partial charge in [-0.25, -0.2) is 0 Å². The zero-order valence-corrected chi connectivity index (χ0v) is 15.5. The van der Waals surface area contributed by atoms with Gasteiger partial charge in [-0.2, -0.15) is 0 Å². The van der Waals surface area contributed by atoms with Crippen LogP contribution in [0.1, 0.15) is 64.7 Å². The molecule has 134 valence electrons. The number of carbonyl (C=O) groups excluding carboxylic acids is 1. The van der Waals surface area contributed by atoms with E-state index in [0.717, 1.165) is 44.9 Å². The Kier molecular flexibility index (Phi) is 17.8. The highest BCUT2D eigenvalue weighted by Crippen LogP contribution is 2.02. The molecule has 0 saturated heterocycles. The lowest BCUT2D eigenvalue weighted by atomic mass is 10.2. The van der Waals surface area contributed by atoms with E-state index in [1.165, 1.54) is 13.5 Å². The van der Waals surface area contributed by atoms with Crippen LogP contribution in [0.2, 0.25) is 0 Å². The van der Waals surface area contributed by atoms with Crippen molar-refractivity contribution in [2.45, 2.75) is 64.7 Å². The van der Waals surface area contributed by atoms with Crippen molar-refractivity contribution in [2.75, 3.05) is 7.11 Å². The number of hydrogen-bond acceptors (Lipinski definition) is 2. The van der Waals surface area contributed by atoms with E-state index in [1.807, 2.05) is 0 Å². The maximum atomic E-state index is 10.9. The first kappa shape index (κ1) is 22.2. The standard InChI is InChI=1S/C22H34O2/c1-3-4-5-6-7-8-9-10-11-12-13-14-15-16-17-18-19-20-21-22(23)24-2/h5-8,10-11,13-14,16-17H,3-4,9,12,15,18-21H2,1-2H3. The molecule has 24 heavy (non-hydrogen) atoms. The molecular weight excluding hydrogens is 296 g/mol. The second-order valence-electron chi connectivity index (χ2n) is 5.59. The van der Waals surface area contributed by atoms with Crippen molar-refractivity contribution in [1.29, 1.82) is 0 Å². The van der Waals surface area contributed by atoms with Gasteiger partial charge in [-0.1, -0.05) is 74.1 Å². The Morgan fingerprint density at radius 2 is 1.33 bits per heavy atom. The van der Waals surface area contributed by atoms with Crippen LogP contribution >= 0.6 is 0 Å². The predicted molar refractivity (Wildman–Crippen MR) is 105 cm³/mol. The molecule has 0 aliphatic carbocycles. The number of allylic oxidation sites excluding steroid dienone is 10. The number of hydrogen-bond donors (Lipinski definition) is 0. The first-order valence-corrected chi connectivity index (χ1v) is 9.14. The average molecular weight is 331 g/mol. The van der Waals surface area contributed by atoms with E-state index in [9.17, 15) is 4.79 Å². The third kappa shape index (κ3) is 18.2. The van der Waals surface area contributed by atoms with Gasteiger partial charge in [0.25, 0.3) is 0 Å². The summed E-state index contributed by atoms with van der Waals surface area (Å²) in [6.07, 6.45) is 30.6. The second kappa shape index (κ2) is 19.2. The maximum Gasteiger partial charge on any atom is 0.305 e. The molecule has 2 heteroatoms. The molecule has 0 N–H and O–H groups in total. The lowest BCUT2D eigenvalue weighted by Crippen LogP contribution is -1.98. The van der Waals surface area contributed by atoms with Gasteiger partial charge in [0.15, 0.2) is 0 Å². The van der Waals surface area contributed by atoms with Gasteiger partial charge in [0, 0.05) is 6.42 Å². The van der Waals surface area contributed by atoms with Gasteiger partial charge >= 0.3 is 5.97 Å². The Morgan fingerprint density at radius 1 is 0.750 bits per heavy atom. The lowest BCUT2D eigenvalue weighted by Gasteiger charge is -1.96. The van der Waals surface area contributed by atoms with E-state index in [0.29, 0.717) is 6.42 Å². The molecule has 0 aliphatic rings. The molecule has 2 nitrogen and oxygen atoms in total. The fourth-order valence-corrected chi connectivity index (χ4v) is 1.97. The monoisotopic (exact) mass is 330 g/mol. The summed E-state index contributed by atoms with van der Waals surface area (Å²) in [5.74, 6) is -0.113. The fraction of sp³-hybridized carbons (Fsp3) is 0.500. The molecule has 0 radical (unpaired) electrons. The molecular formula is C22H34O2. The van der Waals surface area contributed by atoms with Crippen molar-refractivity contribution in [3.63, 3.8) is 0 Å². The third-order valence-corrected chi connectivity index (χ3v) is 3.38. The molecule has 0 atom stereocenters. The number of esters is 1. The summed E-state index contributed by atoms with van der Waals surface area (Å²) in [5.41, 5.74) is 0. The molecule has 0 fully saturated rings. The van der Waals surface area contributed by atoms with Crippen molar-refractivity contribution in [3.05, 3.63) is 60.8 Å². The minimum atomic E-state index is -0.113. The maximum absolute atomic E-state index is 10.9. The minimum Gasteiger partial charge on any atom is -0.469 e. The molecule has 0 amide bonds. The van der Waals surface area contributed by atoms with Gasteiger partial charge < -0.3 is 4.74 Å². The highest BCUT2D eigenvalue weighted by Gasteiger charge is 1.97. The van der Waals surface area contributed by atoms with Crippen LogP contribution in [0.5, 0.6) is 0 Å². The first-order valence-electron chi connectivity index (χ1n) is 9.14. The SMILES string of the molecule is CCCC=CC=CCC=CCC=CCC=CCCCCC(=O)OC. The molecule has 0 aromatic carbocycles. The molecule has 0 aromatic heterocycles. The Morgan fingerprint density at radius 3 is 1.96 bits per heavy atom. The van der Waals surface area contributed by atoms with Crippen LogP contribution in [0.4, 0.5) is 0 Å². The Hall–Kier alpha value is -1.83. The molecule has 0 heterocycles. The van der Waals surface area contributed by atoms with Gasteiger partial charge in [0.2, 0.25) is 0 Å². The molecule has 0 saturated carbocycles. The normalized spacial score (nSPS) is 12.6. The molecule has 0 unspecified atom stereocenters. The largest absolute Gasteiger partial charge is 0.469 e. The van der Waals surface area contributed by atoms with E-state index in [2.05, 4.69) is 72.4 Å². The van der Waals surface area contributed by atoms with Crippen LogP contribution in [-0.4, -0.2) is 13.1 Å². The van der Waals surface area contributed by atoms with E-state index >= 15 is 0 Å². The summed E-state index contributed by atoms with van der Waals surface area (Å²) in [6.45, 7) is 2.19. The summed E-state index contributed by atoms with van der Waals surface area (Å²) in [5, 5.41) is 0. The van der Waals surface area contributed by atoms with Crippen LogP contribution in [0.3, 0.4) is 0 Å². The van der Waals surface area contributed by atoms with Gasteiger partial charge in [-0.05, 0) is 44.9 Å². The van der Waals surface area contributed by atoms with E-state index in [-0.39, 0.29) is 5.97 Å². The number of methoxy groups -OCH3 is 1. The number of carbonyl (C=O) groups is 1. The van der Waals surface area contributed by atoms with Gasteiger partial charge in [-0.15, -0.1) is 0 Å². The van der Waals surface area contributed by atoms with Gasteiger partial charge in [-0.3, -0.25) is 4.79 Å². The highest BCUT2D eigenvalue weighted by molar-refractivity contribution is 5.68. The van der Waals surface area contributed by atoms with Crippen molar-refractivity contribution < 1.29 is 9.53 Å². The van der Waals surface area contributed by atoms with Crippen molar-refractivity contribution in [3.8, 4) is 0 Å². The van der Waals surface area contributed by atoms with E-state index in [1.54, 1.807) is 0 Å². The molecule has 0 spiro atoms. The summed E-state index contributed by atoms with van der Waals surface area (Å²) in [7, 11) is 1.44. The smallest absolute Gasteiger partial charge is 0.305 e. The molecule has 0 aliphatic heterocycles. The molecule has 0 aromatic rings. The summed E-state index contributed by atoms with van der Waals surface area (Å²) < 4.78 is 4.61. The van der Waals surface area contributed by atoms with E-state index < -0.39 is 0 Å². The zero-order chi connectivity index (χ0) is 17.7. The lowest BCUT2D eigenvalue weighted by molar-refractivity contribution is -0.140. The first-order chi connectivity index (χ1) is 11.8. The molecule has 0 rings (SSSR count). The quantitative estimate of drug-likeness (QED) is 0.158. The van der Waals surface area contributed by atoms with Crippen molar-refractivity contribution >= 4 is 5.97 Å². The summed E-state index contributed by atoms with van der Waals surface area (Å²) in [4.78, 5) is 10.9. The van der Waals surface area contributed by atoms with Crippen LogP contribution in [0.15, 0.2) is 60.8 Å². The number of rotatable bonds is 14. The second-order valence-corrected chi connectivity index (χ2v) is 5.59. The molecule has 0 bridgehead atoms. The zero-order valence-electron chi connectivity index (χ0n) is 15.5. The van der Waals surface area contributed by atoms with Crippen LogP contribution < -0.4 is 0 Å². The van der Waals surface area contributed by atoms with Gasteiger partial charge in [0.1, 0.15) is 0 Å². The van der Waals surface area contributed by atoms with Gasteiger partial charge in [0.05, 0.1) is 7.11 Å². The Labute approximate surface area is 148 Å². The number of ether oxygens (including phenoxy) is 1. The summed E-state index contributed by atoms with van der Waals surface area (Å²) >= 11 is 0. The fourth-order valence-electron chi connectivity index (χ4n) is 1.97. The Balaban J connectivity index is 3.47. The minimum absolute atomic E-state index is 0.113. The number of unbranched alkanes of at least 4 members (excludes halogenated alkanes) is 3. The highest BCUT2D eigenvalue weighted by atomic mass is 16.5. The summed E-state index contributed by atoms with van der Waals surface area (Å²) in [6, 6.07) is 0. The van der Waals surface area contributed by atoms with Crippen molar-refractivity contribution in [1.82, 2.24) is 0 Å². The van der Waals surface area contributed by atoms with Crippen LogP contribution in [0, 0.1) is 0 Å². The van der Waals surface area contributed by atoms with Crippen LogP contribution in [0.25, 0.3) is 0 Å². The average Bonchev–Trinajstić information content (AvgIpc) is 2.60. The third-order valence-electron chi connectivity index (χ3n) is 3.38. The Bertz CT molecular complexity index is 425. The van der Waals surface area contributed by atoms with Crippen molar-refractivity contribution in [2.24, 2.45) is 0 Å². The topological polar surface area (TPSA) is 26.3 Å². The van der Waals surface area contributed by atoms with Crippen LogP contribution in [-0.2, 0) is 9.53 Å². The predicted octanol–water partition coefficient (Wildman–Crippen LogP) is 6.47. The van der Waals surface area contributed by atoms with E-state index in [4.69, 9.17) is 0 Å².